The first-order valence-electron chi connectivity index (χ1n) is 10.3. The van der Waals surface area contributed by atoms with E-state index in [-0.39, 0.29) is 11.8 Å². The standard InChI is InChI=1S/C22H28N4O2/c1-16(27)23-18-9-10-21-17(13-18)7-8-19(24-21)14-25-11-12-26(22(28)15-25)20-5-3-2-4-6-20/h7-10,13,20H,2-6,11-12,14-15H2,1H3,(H,23,27). The molecule has 1 aromatic heterocycles. The minimum Gasteiger partial charge on any atom is -0.337 e. The molecule has 1 aliphatic carbocycles. The molecule has 0 unspecified atom stereocenters. The normalized spacial score (nSPS) is 19.2. The average molecular weight is 380 g/mol. The summed E-state index contributed by atoms with van der Waals surface area (Å²) in [6.07, 6.45) is 6.15. The predicted molar refractivity (Wildman–Crippen MR) is 110 cm³/mol. The van der Waals surface area contributed by atoms with Gasteiger partial charge in [0, 0.05) is 43.7 Å². The van der Waals surface area contributed by atoms with E-state index in [1.54, 1.807) is 0 Å². The molecule has 1 saturated heterocycles. The van der Waals surface area contributed by atoms with Gasteiger partial charge >= 0.3 is 0 Å². The van der Waals surface area contributed by atoms with Crippen LogP contribution in [0.5, 0.6) is 0 Å². The molecular weight excluding hydrogens is 352 g/mol. The first-order chi connectivity index (χ1) is 13.6. The third-order valence-electron chi connectivity index (χ3n) is 5.80. The Morgan fingerprint density at radius 1 is 1.14 bits per heavy atom. The van der Waals surface area contributed by atoms with Crippen molar-refractivity contribution in [2.75, 3.05) is 25.0 Å². The van der Waals surface area contributed by atoms with Crippen molar-refractivity contribution >= 4 is 28.4 Å². The third-order valence-corrected chi connectivity index (χ3v) is 5.80. The maximum Gasteiger partial charge on any atom is 0.237 e. The molecule has 28 heavy (non-hydrogen) atoms. The molecule has 2 amide bonds. The number of aromatic nitrogens is 1. The first kappa shape index (κ1) is 18.9. The topological polar surface area (TPSA) is 65.5 Å². The van der Waals surface area contributed by atoms with Crippen LogP contribution in [0.25, 0.3) is 10.9 Å². The Morgan fingerprint density at radius 3 is 2.71 bits per heavy atom. The maximum atomic E-state index is 12.7. The van der Waals surface area contributed by atoms with Crippen LogP contribution in [-0.2, 0) is 16.1 Å². The molecule has 148 valence electrons. The van der Waals surface area contributed by atoms with Crippen molar-refractivity contribution < 1.29 is 9.59 Å². The van der Waals surface area contributed by atoms with Crippen molar-refractivity contribution in [3.63, 3.8) is 0 Å². The summed E-state index contributed by atoms with van der Waals surface area (Å²) >= 11 is 0. The summed E-state index contributed by atoms with van der Waals surface area (Å²) < 4.78 is 0. The van der Waals surface area contributed by atoms with Gasteiger partial charge in [-0.1, -0.05) is 25.3 Å². The number of hydrogen-bond donors (Lipinski definition) is 1. The quantitative estimate of drug-likeness (QED) is 0.885. The zero-order valence-corrected chi connectivity index (χ0v) is 16.5. The van der Waals surface area contributed by atoms with Crippen LogP contribution in [0, 0.1) is 0 Å². The van der Waals surface area contributed by atoms with Crippen LogP contribution < -0.4 is 5.32 Å². The predicted octanol–water partition coefficient (Wildman–Crippen LogP) is 3.17. The van der Waals surface area contributed by atoms with E-state index < -0.39 is 0 Å². The molecule has 0 atom stereocenters. The molecule has 6 nitrogen and oxygen atoms in total. The van der Waals surface area contributed by atoms with Crippen LogP contribution >= 0.6 is 0 Å². The fourth-order valence-electron chi connectivity index (χ4n) is 4.41. The van der Waals surface area contributed by atoms with Gasteiger partial charge in [-0.3, -0.25) is 19.5 Å². The number of pyridine rings is 1. The van der Waals surface area contributed by atoms with Gasteiger partial charge in [-0.15, -0.1) is 0 Å². The Morgan fingerprint density at radius 2 is 1.96 bits per heavy atom. The summed E-state index contributed by atoms with van der Waals surface area (Å²) in [5.74, 6) is 0.180. The highest BCUT2D eigenvalue weighted by Crippen LogP contribution is 2.24. The van der Waals surface area contributed by atoms with E-state index >= 15 is 0 Å². The number of amides is 2. The number of rotatable bonds is 4. The lowest BCUT2D eigenvalue weighted by Gasteiger charge is -2.40. The number of nitrogens with zero attached hydrogens (tertiary/aromatic N) is 3. The lowest BCUT2D eigenvalue weighted by molar-refractivity contribution is -0.139. The molecule has 2 aliphatic rings. The van der Waals surface area contributed by atoms with Crippen molar-refractivity contribution in [2.45, 2.75) is 51.6 Å². The van der Waals surface area contributed by atoms with Crippen LogP contribution in [0.4, 0.5) is 5.69 Å². The fraction of sp³-hybridized carbons (Fsp3) is 0.500. The molecule has 2 heterocycles. The number of carbonyl (C=O) groups is 2. The van der Waals surface area contributed by atoms with E-state index in [4.69, 9.17) is 4.98 Å². The number of fused-ring (bicyclic) bond motifs is 1. The van der Waals surface area contributed by atoms with Gasteiger partial charge in [0.1, 0.15) is 0 Å². The van der Waals surface area contributed by atoms with Crippen molar-refractivity contribution in [3.05, 3.63) is 36.0 Å². The fourth-order valence-corrected chi connectivity index (χ4v) is 4.41. The van der Waals surface area contributed by atoms with E-state index in [1.807, 2.05) is 30.3 Å². The van der Waals surface area contributed by atoms with Crippen LogP contribution in [0.2, 0.25) is 0 Å². The van der Waals surface area contributed by atoms with Gasteiger partial charge in [0.25, 0.3) is 0 Å². The summed E-state index contributed by atoms with van der Waals surface area (Å²) in [5.41, 5.74) is 2.65. The second kappa shape index (κ2) is 8.27. The van der Waals surface area contributed by atoms with Gasteiger partial charge in [-0.25, -0.2) is 0 Å². The van der Waals surface area contributed by atoms with E-state index in [9.17, 15) is 9.59 Å². The number of anilines is 1. The summed E-state index contributed by atoms with van der Waals surface area (Å²) in [6, 6.07) is 10.2. The Labute approximate surface area is 165 Å². The molecule has 2 fully saturated rings. The largest absolute Gasteiger partial charge is 0.337 e. The van der Waals surface area contributed by atoms with Crippen molar-refractivity contribution in [2.24, 2.45) is 0 Å². The monoisotopic (exact) mass is 380 g/mol. The highest BCUT2D eigenvalue weighted by atomic mass is 16.2. The smallest absolute Gasteiger partial charge is 0.237 e. The van der Waals surface area contributed by atoms with Gasteiger partial charge in [-0.05, 0) is 37.1 Å². The zero-order chi connectivity index (χ0) is 19.5. The Kier molecular flexibility index (Phi) is 5.57. The number of benzene rings is 1. The van der Waals surface area contributed by atoms with Crippen molar-refractivity contribution in [1.29, 1.82) is 0 Å². The van der Waals surface area contributed by atoms with Crippen molar-refractivity contribution in [1.82, 2.24) is 14.8 Å². The Bertz CT molecular complexity index is 876. The minimum atomic E-state index is -0.0824. The molecule has 0 bridgehead atoms. The van der Waals surface area contributed by atoms with Crippen LogP contribution in [0.15, 0.2) is 30.3 Å². The summed E-state index contributed by atoms with van der Waals surface area (Å²) in [6.45, 7) is 4.41. The first-order valence-corrected chi connectivity index (χ1v) is 10.3. The number of piperazine rings is 1. The van der Waals surface area contributed by atoms with Gasteiger partial charge in [0.2, 0.25) is 11.8 Å². The molecule has 2 aromatic rings. The Hall–Kier alpha value is -2.47. The minimum absolute atomic E-state index is 0.0824. The third kappa shape index (κ3) is 4.33. The summed E-state index contributed by atoms with van der Waals surface area (Å²) in [5, 5.41) is 3.79. The number of hydrogen-bond acceptors (Lipinski definition) is 4. The van der Waals surface area contributed by atoms with E-state index in [0.29, 0.717) is 19.1 Å². The van der Waals surface area contributed by atoms with E-state index in [2.05, 4.69) is 15.1 Å². The van der Waals surface area contributed by atoms with Gasteiger partial charge in [0.05, 0.1) is 17.8 Å². The van der Waals surface area contributed by atoms with Gasteiger partial charge in [0.15, 0.2) is 0 Å². The second-order valence-electron chi connectivity index (χ2n) is 7.98. The van der Waals surface area contributed by atoms with Crippen LogP contribution in [0.1, 0.15) is 44.7 Å². The van der Waals surface area contributed by atoms with Crippen LogP contribution in [0.3, 0.4) is 0 Å². The van der Waals surface area contributed by atoms with E-state index in [0.717, 1.165) is 35.4 Å². The lowest BCUT2D eigenvalue weighted by atomic mass is 9.93. The number of nitrogens with one attached hydrogen (secondary N) is 1. The summed E-state index contributed by atoms with van der Waals surface area (Å²) in [4.78, 5) is 32.9. The van der Waals surface area contributed by atoms with Gasteiger partial charge < -0.3 is 10.2 Å². The highest BCUT2D eigenvalue weighted by Gasteiger charge is 2.30. The van der Waals surface area contributed by atoms with Gasteiger partial charge in [-0.2, -0.15) is 0 Å². The van der Waals surface area contributed by atoms with Crippen LogP contribution in [-0.4, -0.2) is 52.3 Å². The lowest BCUT2D eigenvalue weighted by Crippen LogP contribution is -2.54. The SMILES string of the molecule is CC(=O)Nc1ccc2nc(CN3CCN(C4CCCCC4)C(=O)C3)ccc2c1. The maximum absolute atomic E-state index is 12.7. The molecule has 0 spiro atoms. The summed E-state index contributed by atoms with van der Waals surface area (Å²) in [7, 11) is 0. The highest BCUT2D eigenvalue weighted by molar-refractivity contribution is 5.92. The molecule has 0 radical (unpaired) electrons. The van der Waals surface area contributed by atoms with Crippen molar-refractivity contribution in [3.8, 4) is 0 Å². The molecule has 6 heteroatoms. The van der Waals surface area contributed by atoms with E-state index in [1.165, 1.54) is 39.0 Å². The molecule has 1 saturated carbocycles. The molecule has 1 aromatic carbocycles. The number of carbonyl (C=O) groups excluding carboxylic acids is 2. The Balaban J connectivity index is 1.39. The molecule has 1 aliphatic heterocycles. The molecule has 4 rings (SSSR count). The average Bonchev–Trinajstić information content (AvgIpc) is 2.68. The molecular formula is C22H28N4O2. The molecule has 1 N–H and O–H groups in total. The zero-order valence-electron chi connectivity index (χ0n) is 16.5. The second-order valence-corrected chi connectivity index (χ2v) is 7.98.